The Morgan fingerprint density at radius 3 is 2.65 bits per heavy atom. The van der Waals surface area contributed by atoms with E-state index in [1.165, 1.54) is 6.07 Å². The maximum Gasteiger partial charge on any atom is 0.263 e. The number of amides is 1. The number of sulfonamides is 1. The van der Waals surface area contributed by atoms with Crippen LogP contribution < -0.4 is 4.72 Å². The first-order chi connectivity index (χ1) is 14.9. The summed E-state index contributed by atoms with van der Waals surface area (Å²) in [6.07, 6.45) is 1.52. The van der Waals surface area contributed by atoms with Crippen molar-refractivity contribution in [2.24, 2.45) is 4.99 Å². The Labute approximate surface area is 180 Å². The Bertz CT molecular complexity index is 1260. The Morgan fingerprint density at radius 2 is 1.87 bits per heavy atom. The molecule has 31 heavy (non-hydrogen) atoms. The van der Waals surface area contributed by atoms with Gasteiger partial charge in [-0.3, -0.25) is 14.5 Å². The van der Waals surface area contributed by atoms with Gasteiger partial charge in [-0.1, -0.05) is 24.3 Å². The van der Waals surface area contributed by atoms with Crippen molar-refractivity contribution in [3.8, 4) is 0 Å². The van der Waals surface area contributed by atoms with Crippen LogP contribution in [-0.2, 0) is 14.8 Å². The molecule has 160 valence electrons. The number of aromatic nitrogens is 1. The molecule has 0 bridgehead atoms. The predicted molar refractivity (Wildman–Crippen MR) is 115 cm³/mol. The summed E-state index contributed by atoms with van der Waals surface area (Å²) in [5.41, 5.74) is 2.12. The molecule has 1 saturated heterocycles. The number of nitrogens with one attached hydrogen (secondary N) is 1. The third-order valence-corrected chi connectivity index (χ3v) is 7.21. The molecule has 0 unspecified atom stereocenters. The van der Waals surface area contributed by atoms with Gasteiger partial charge in [0, 0.05) is 24.6 Å². The lowest BCUT2D eigenvalue weighted by Crippen LogP contribution is -2.42. The number of nitrogens with zero attached hydrogens (tertiary/aromatic N) is 3. The zero-order valence-electron chi connectivity index (χ0n) is 17.0. The standard InChI is InChI=1S/C22H22N4O4S/c1-14(23-20-16-6-2-5-9-19(16)31(28,29)25-20)22(27)26-12-10-15(11-13-26)21-24-17-7-3-4-8-18(17)30-21/h2-9,14-15H,10-13H2,1H3,(H,23,25)/t14-/m0/s1. The first-order valence-electron chi connectivity index (χ1n) is 10.3. The molecule has 2 aliphatic heterocycles. The lowest BCUT2D eigenvalue weighted by Gasteiger charge is -2.31. The molecule has 5 rings (SSSR count). The molecule has 9 heteroatoms. The fourth-order valence-corrected chi connectivity index (χ4v) is 5.39. The second-order valence-electron chi connectivity index (χ2n) is 7.87. The van der Waals surface area contributed by atoms with Crippen LogP contribution in [0.25, 0.3) is 11.1 Å². The molecule has 0 radical (unpaired) electrons. The molecule has 0 spiro atoms. The first kappa shape index (κ1) is 19.7. The highest BCUT2D eigenvalue weighted by atomic mass is 32.2. The molecule has 1 fully saturated rings. The van der Waals surface area contributed by atoms with Crippen molar-refractivity contribution in [1.82, 2.24) is 14.6 Å². The summed E-state index contributed by atoms with van der Waals surface area (Å²) in [5, 5.41) is 0. The number of hydrogen-bond acceptors (Lipinski definition) is 6. The summed E-state index contributed by atoms with van der Waals surface area (Å²) in [5.74, 6) is 0.995. The van der Waals surface area contributed by atoms with Gasteiger partial charge in [-0.05, 0) is 44.0 Å². The molecular formula is C22H22N4O4S. The summed E-state index contributed by atoms with van der Waals surface area (Å²) in [4.78, 5) is 23.9. The fourth-order valence-electron chi connectivity index (χ4n) is 4.15. The number of rotatable bonds is 3. The van der Waals surface area contributed by atoms with Gasteiger partial charge in [-0.2, -0.15) is 0 Å². The molecule has 1 N–H and O–H groups in total. The number of amidine groups is 1. The van der Waals surface area contributed by atoms with Crippen LogP contribution in [0.4, 0.5) is 0 Å². The Kier molecular flexibility index (Phi) is 4.77. The zero-order chi connectivity index (χ0) is 21.6. The number of hydrogen-bond donors (Lipinski definition) is 1. The molecule has 8 nitrogen and oxygen atoms in total. The van der Waals surface area contributed by atoms with Crippen molar-refractivity contribution in [2.45, 2.75) is 36.6 Å². The van der Waals surface area contributed by atoms with Crippen LogP contribution in [0.2, 0.25) is 0 Å². The topological polar surface area (TPSA) is 105 Å². The van der Waals surface area contributed by atoms with Crippen LogP contribution in [0.1, 0.15) is 37.1 Å². The smallest absolute Gasteiger partial charge is 0.263 e. The normalized spacial score (nSPS) is 20.5. The number of aliphatic imine (C=N–C) groups is 1. The monoisotopic (exact) mass is 438 g/mol. The number of para-hydroxylation sites is 2. The predicted octanol–water partition coefficient (Wildman–Crippen LogP) is 2.66. The van der Waals surface area contributed by atoms with Crippen LogP contribution in [0.3, 0.4) is 0 Å². The zero-order valence-corrected chi connectivity index (χ0v) is 17.8. The Morgan fingerprint density at radius 1 is 1.16 bits per heavy atom. The second kappa shape index (κ2) is 7.49. The number of oxazole rings is 1. The molecule has 0 saturated carbocycles. The maximum absolute atomic E-state index is 12.9. The number of carbonyl (C=O) groups excluding carboxylic acids is 1. The molecule has 2 aliphatic rings. The van der Waals surface area contributed by atoms with E-state index in [1.54, 1.807) is 30.0 Å². The Balaban J connectivity index is 1.27. The van der Waals surface area contributed by atoms with Gasteiger partial charge in [-0.25, -0.2) is 13.4 Å². The third-order valence-electron chi connectivity index (χ3n) is 5.81. The van der Waals surface area contributed by atoms with E-state index >= 15 is 0 Å². The van der Waals surface area contributed by atoms with Gasteiger partial charge in [0.25, 0.3) is 10.0 Å². The molecule has 1 amide bonds. The third kappa shape index (κ3) is 3.59. The molecule has 0 aliphatic carbocycles. The number of benzene rings is 2. The van der Waals surface area contributed by atoms with Crippen LogP contribution in [-0.4, -0.2) is 49.2 Å². The van der Waals surface area contributed by atoms with E-state index in [-0.39, 0.29) is 22.6 Å². The first-order valence-corrected chi connectivity index (χ1v) is 11.7. The van der Waals surface area contributed by atoms with Gasteiger partial charge < -0.3 is 9.32 Å². The van der Waals surface area contributed by atoms with Crippen molar-refractivity contribution in [2.75, 3.05) is 13.1 Å². The van der Waals surface area contributed by atoms with Crippen LogP contribution in [0.5, 0.6) is 0 Å². The highest BCUT2D eigenvalue weighted by molar-refractivity contribution is 7.90. The quantitative estimate of drug-likeness (QED) is 0.677. The molecule has 1 aromatic heterocycles. The average Bonchev–Trinajstić information content (AvgIpc) is 3.32. The van der Waals surface area contributed by atoms with E-state index in [4.69, 9.17) is 4.42 Å². The van der Waals surface area contributed by atoms with Gasteiger partial charge in [0.2, 0.25) is 5.91 Å². The maximum atomic E-state index is 12.9. The summed E-state index contributed by atoms with van der Waals surface area (Å²) >= 11 is 0. The summed E-state index contributed by atoms with van der Waals surface area (Å²) in [6, 6.07) is 13.6. The highest BCUT2D eigenvalue weighted by Gasteiger charge is 2.33. The molecule has 3 heterocycles. The highest BCUT2D eigenvalue weighted by Crippen LogP contribution is 2.30. The Hall–Kier alpha value is -3.20. The van der Waals surface area contributed by atoms with E-state index in [9.17, 15) is 13.2 Å². The van der Waals surface area contributed by atoms with E-state index in [0.717, 1.165) is 29.8 Å². The minimum Gasteiger partial charge on any atom is -0.440 e. The average molecular weight is 439 g/mol. The van der Waals surface area contributed by atoms with Crippen molar-refractivity contribution in [3.05, 3.63) is 60.0 Å². The number of carbonyl (C=O) groups is 1. The summed E-state index contributed by atoms with van der Waals surface area (Å²) in [7, 11) is -3.62. The van der Waals surface area contributed by atoms with Crippen molar-refractivity contribution < 1.29 is 17.6 Å². The van der Waals surface area contributed by atoms with E-state index in [1.807, 2.05) is 24.3 Å². The minimum absolute atomic E-state index is 0.118. The van der Waals surface area contributed by atoms with E-state index in [0.29, 0.717) is 18.7 Å². The largest absolute Gasteiger partial charge is 0.440 e. The van der Waals surface area contributed by atoms with Crippen molar-refractivity contribution in [3.63, 3.8) is 0 Å². The second-order valence-corrected chi connectivity index (χ2v) is 9.53. The fraction of sp³-hybridized carbons (Fsp3) is 0.318. The number of fused-ring (bicyclic) bond motifs is 2. The van der Waals surface area contributed by atoms with Crippen molar-refractivity contribution in [1.29, 1.82) is 0 Å². The van der Waals surface area contributed by atoms with Gasteiger partial charge in [0.15, 0.2) is 11.5 Å². The summed E-state index contributed by atoms with van der Waals surface area (Å²) in [6.45, 7) is 2.86. The number of piperidine rings is 1. The molecule has 3 aromatic rings. The van der Waals surface area contributed by atoms with Crippen LogP contribution in [0, 0.1) is 0 Å². The SMILES string of the molecule is C[C@H](N=C1NS(=O)(=O)c2ccccc21)C(=O)N1CCC(c2nc3ccccc3o2)CC1. The van der Waals surface area contributed by atoms with Gasteiger partial charge in [0.05, 0.1) is 4.90 Å². The summed E-state index contributed by atoms with van der Waals surface area (Å²) < 4.78 is 32.8. The minimum atomic E-state index is -3.62. The van der Waals surface area contributed by atoms with Crippen LogP contribution in [0.15, 0.2) is 62.8 Å². The molecule has 1 atom stereocenters. The lowest BCUT2D eigenvalue weighted by atomic mass is 9.96. The van der Waals surface area contributed by atoms with Gasteiger partial charge in [0.1, 0.15) is 17.4 Å². The number of likely N-dealkylation sites (tertiary alicyclic amines) is 1. The van der Waals surface area contributed by atoms with Gasteiger partial charge >= 0.3 is 0 Å². The van der Waals surface area contributed by atoms with Gasteiger partial charge in [-0.15, -0.1) is 0 Å². The molecule has 2 aromatic carbocycles. The van der Waals surface area contributed by atoms with Crippen molar-refractivity contribution >= 4 is 32.9 Å². The lowest BCUT2D eigenvalue weighted by molar-refractivity contribution is -0.133. The van der Waals surface area contributed by atoms with Crippen LogP contribution >= 0.6 is 0 Å². The molecular weight excluding hydrogens is 416 g/mol. The van der Waals surface area contributed by atoms with E-state index in [2.05, 4.69) is 14.7 Å². The van der Waals surface area contributed by atoms with E-state index < -0.39 is 16.1 Å².